The minimum Gasteiger partial charge on any atom is -0.0765 e. The number of allylic oxidation sites excluding steroid dienone is 8. The monoisotopic (exact) mass is 412 g/mol. The van der Waals surface area contributed by atoms with Gasteiger partial charge in [-0.3, -0.25) is 0 Å². The fourth-order valence-corrected chi connectivity index (χ4v) is 13.7. The van der Waals surface area contributed by atoms with Crippen molar-refractivity contribution in [3.63, 3.8) is 0 Å². The lowest BCUT2D eigenvalue weighted by molar-refractivity contribution is 0.694. The molecule has 0 bridgehead atoms. The first kappa shape index (κ1) is 24.4. The third-order valence-electron chi connectivity index (χ3n) is 7.85. The van der Waals surface area contributed by atoms with E-state index in [2.05, 4.69) is 107 Å². The van der Waals surface area contributed by atoms with Crippen LogP contribution < -0.4 is 0 Å². The van der Waals surface area contributed by atoms with Crippen LogP contribution in [0.15, 0.2) is 46.6 Å². The fraction of sp³-hybridized carbons (Fsp3) is 0.714. The molecule has 164 valence electrons. The second kappa shape index (κ2) is 9.12. The van der Waals surface area contributed by atoms with E-state index in [1.807, 2.05) is 0 Å². The van der Waals surface area contributed by atoms with Crippen molar-refractivity contribution in [3.8, 4) is 0 Å². The van der Waals surface area contributed by atoms with E-state index in [1.165, 1.54) is 0 Å². The maximum atomic E-state index is 2.73. The molecule has 2 aliphatic rings. The maximum Gasteiger partial charge on any atom is 0.0815 e. The van der Waals surface area contributed by atoms with E-state index in [0.717, 1.165) is 11.1 Å². The van der Waals surface area contributed by atoms with Crippen LogP contribution in [0.3, 0.4) is 0 Å². The van der Waals surface area contributed by atoms with Crippen molar-refractivity contribution in [2.75, 3.05) is 0 Å². The number of hydrogen-bond acceptors (Lipinski definition) is 0. The quantitative estimate of drug-likeness (QED) is 0.348. The topological polar surface area (TPSA) is 0 Å². The lowest BCUT2D eigenvalue weighted by Crippen LogP contribution is -2.50. The van der Waals surface area contributed by atoms with Gasteiger partial charge < -0.3 is 0 Å². The molecule has 2 unspecified atom stereocenters. The van der Waals surface area contributed by atoms with Gasteiger partial charge in [0.05, 0.1) is 8.07 Å². The molecular formula is C28H48Si. The summed E-state index contributed by atoms with van der Waals surface area (Å²) in [5.74, 6) is 2.48. The molecule has 0 amide bonds. The van der Waals surface area contributed by atoms with Gasteiger partial charge in [-0.2, -0.15) is 0 Å². The zero-order valence-electron chi connectivity index (χ0n) is 21.4. The second-order valence-electron chi connectivity index (χ2n) is 11.5. The Morgan fingerprint density at radius 3 is 1.03 bits per heavy atom. The molecule has 29 heavy (non-hydrogen) atoms. The highest BCUT2D eigenvalue weighted by atomic mass is 28.3. The van der Waals surface area contributed by atoms with Gasteiger partial charge in [-0.05, 0) is 57.0 Å². The SMILES string of the molecule is CC(C)C1=CC([Si](C(C)C)(C(C)C)C2C=C(C(C)C)C=C2C(C)C)C(C(C)C)=C1. The standard InChI is InChI=1S/C28H48Si/c1-17(2)23-13-25(19(5)6)27(15-23)29(21(9)10,22(11)12)28-16-24(18(3)4)14-26(28)20(7)8/h13-22,27-28H,1-12H3. The Bertz CT molecular complexity index is 645. The van der Waals surface area contributed by atoms with Crippen LogP contribution in [0.1, 0.15) is 83.1 Å². The molecule has 0 saturated carbocycles. The molecule has 0 aromatic carbocycles. The maximum absolute atomic E-state index is 2.73. The van der Waals surface area contributed by atoms with Gasteiger partial charge in [-0.15, -0.1) is 0 Å². The van der Waals surface area contributed by atoms with E-state index >= 15 is 0 Å². The van der Waals surface area contributed by atoms with Gasteiger partial charge in [0, 0.05) is 0 Å². The molecule has 0 N–H and O–H groups in total. The predicted octanol–water partition coefficient (Wildman–Crippen LogP) is 9.35. The normalized spacial score (nSPS) is 23.1. The summed E-state index contributed by atoms with van der Waals surface area (Å²) in [4.78, 5) is 0. The third kappa shape index (κ3) is 4.32. The van der Waals surface area contributed by atoms with E-state index in [4.69, 9.17) is 0 Å². The van der Waals surface area contributed by atoms with Gasteiger partial charge in [-0.25, -0.2) is 0 Å². The van der Waals surface area contributed by atoms with Crippen LogP contribution >= 0.6 is 0 Å². The van der Waals surface area contributed by atoms with Crippen LogP contribution in [0.4, 0.5) is 0 Å². The van der Waals surface area contributed by atoms with Crippen LogP contribution in [0.25, 0.3) is 0 Å². The Labute approximate surface area is 183 Å². The highest BCUT2D eigenvalue weighted by Gasteiger charge is 2.55. The fourth-order valence-electron chi connectivity index (χ4n) is 6.17. The molecule has 0 spiro atoms. The molecule has 2 atom stereocenters. The summed E-state index contributed by atoms with van der Waals surface area (Å²) in [6.45, 7) is 29.3. The highest BCUT2D eigenvalue weighted by molar-refractivity contribution is 6.87. The first-order valence-corrected chi connectivity index (χ1v) is 14.5. The van der Waals surface area contributed by atoms with E-state index < -0.39 is 8.07 Å². The molecule has 0 aromatic heterocycles. The zero-order valence-corrected chi connectivity index (χ0v) is 22.4. The average molecular weight is 413 g/mol. The minimum atomic E-state index is -1.80. The summed E-state index contributed by atoms with van der Waals surface area (Å²) < 4.78 is 0. The van der Waals surface area contributed by atoms with Crippen molar-refractivity contribution in [1.29, 1.82) is 0 Å². The second-order valence-corrected chi connectivity index (χ2v) is 17.1. The summed E-state index contributed by atoms with van der Waals surface area (Å²) in [6.07, 6.45) is 10.6. The van der Waals surface area contributed by atoms with Crippen molar-refractivity contribution in [3.05, 3.63) is 46.6 Å². The van der Waals surface area contributed by atoms with Crippen molar-refractivity contribution in [2.24, 2.45) is 23.7 Å². The van der Waals surface area contributed by atoms with Gasteiger partial charge in [0.2, 0.25) is 0 Å². The molecular weight excluding hydrogens is 364 g/mol. The van der Waals surface area contributed by atoms with Gasteiger partial charge in [0.25, 0.3) is 0 Å². The Morgan fingerprint density at radius 1 is 0.517 bits per heavy atom. The van der Waals surface area contributed by atoms with E-state index in [9.17, 15) is 0 Å². The van der Waals surface area contributed by atoms with Gasteiger partial charge in [-0.1, -0.05) is 119 Å². The van der Waals surface area contributed by atoms with Crippen molar-refractivity contribution in [2.45, 2.75) is 105 Å². The van der Waals surface area contributed by atoms with Crippen LogP contribution in [0.2, 0.25) is 22.2 Å². The van der Waals surface area contributed by atoms with Gasteiger partial charge in [0.1, 0.15) is 0 Å². The Hall–Kier alpha value is -0.823. The van der Waals surface area contributed by atoms with Crippen LogP contribution in [0, 0.1) is 23.7 Å². The first-order valence-electron chi connectivity index (χ1n) is 12.2. The smallest absolute Gasteiger partial charge is 0.0765 e. The zero-order chi connectivity index (χ0) is 22.3. The first-order chi connectivity index (χ1) is 13.3. The molecule has 0 heterocycles. The Kier molecular flexibility index (Phi) is 7.69. The average Bonchev–Trinajstić information content (AvgIpc) is 3.20. The van der Waals surface area contributed by atoms with E-state index in [-0.39, 0.29) is 0 Å². The Balaban J connectivity index is 2.76. The van der Waals surface area contributed by atoms with E-state index in [1.54, 1.807) is 22.3 Å². The Morgan fingerprint density at radius 2 is 0.828 bits per heavy atom. The largest absolute Gasteiger partial charge is 0.0815 e. The minimum absolute atomic E-state index is 0.616. The lowest BCUT2D eigenvalue weighted by atomic mass is 10.0. The molecule has 0 fully saturated rings. The van der Waals surface area contributed by atoms with E-state index in [0.29, 0.717) is 34.8 Å². The summed E-state index contributed by atoms with van der Waals surface area (Å²) >= 11 is 0. The van der Waals surface area contributed by atoms with Gasteiger partial charge >= 0.3 is 0 Å². The summed E-state index contributed by atoms with van der Waals surface area (Å²) in [6, 6.07) is 0. The summed E-state index contributed by atoms with van der Waals surface area (Å²) in [7, 11) is -1.80. The van der Waals surface area contributed by atoms with Crippen LogP contribution in [0.5, 0.6) is 0 Å². The lowest BCUT2D eigenvalue weighted by Gasteiger charge is -2.50. The summed E-state index contributed by atoms with van der Waals surface area (Å²) in [5, 5.41) is 0. The molecule has 0 aromatic rings. The molecule has 0 saturated heterocycles. The highest BCUT2D eigenvalue weighted by Crippen LogP contribution is 2.61. The molecule has 0 aliphatic heterocycles. The predicted molar refractivity (Wildman–Crippen MR) is 135 cm³/mol. The molecule has 0 nitrogen and oxygen atoms in total. The van der Waals surface area contributed by atoms with Crippen molar-refractivity contribution >= 4 is 8.07 Å². The summed E-state index contributed by atoms with van der Waals surface area (Å²) in [5.41, 5.74) is 9.41. The molecule has 2 rings (SSSR count). The molecule has 0 radical (unpaired) electrons. The van der Waals surface area contributed by atoms with Crippen LogP contribution in [-0.4, -0.2) is 8.07 Å². The van der Waals surface area contributed by atoms with Gasteiger partial charge in [0.15, 0.2) is 0 Å². The third-order valence-corrected chi connectivity index (χ3v) is 15.0. The van der Waals surface area contributed by atoms with Crippen molar-refractivity contribution in [1.82, 2.24) is 0 Å². The van der Waals surface area contributed by atoms with Crippen molar-refractivity contribution < 1.29 is 0 Å². The molecule has 2 aliphatic carbocycles. The van der Waals surface area contributed by atoms with Crippen LogP contribution in [-0.2, 0) is 0 Å². The molecule has 1 heteroatoms. The number of rotatable bonds is 8. The number of hydrogen-bond donors (Lipinski definition) is 0.